The summed E-state index contributed by atoms with van der Waals surface area (Å²) < 4.78 is 57.7. The first-order chi connectivity index (χ1) is 14.9. The zero-order chi connectivity index (χ0) is 24.2. The van der Waals surface area contributed by atoms with Gasteiger partial charge in [-0.2, -0.15) is 18.4 Å². The third kappa shape index (κ3) is 5.30. The van der Waals surface area contributed by atoms with Crippen LogP contribution in [-0.2, 0) is 23.2 Å². The van der Waals surface area contributed by atoms with Gasteiger partial charge in [0.2, 0.25) is 0 Å². The van der Waals surface area contributed by atoms with Crippen LogP contribution >= 0.6 is 0 Å². The molecule has 0 bridgehead atoms. The minimum absolute atomic E-state index is 0.0878. The van der Waals surface area contributed by atoms with E-state index in [1.165, 1.54) is 20.2 Å². The fraction of sp³-hybridized carbons (Fsp3) is 0.300. The zero-order valence-corrected chi connectivity index (χ0v) is 17.1. The highest BCUT2D eigenvalue weighted by molar-refractivity contribution is 6.42. The molecule has 12 heteroatoms. The van der Waals surface area contributed by atoms with E-state index in [0.29, 0.717) is 6.92 Å². The molecular weight excluding hydrogens is 436 g/mol. The number of rotatable bonds is 7. The highest BCUT2D eigenvalue weighted by atomic mass is 19.4. The van der Waals surface area contributed by atoms with Gasteiger partial charge in [0, 0.05) is 19.8 Å². The lowest BCUT2D eigenvalue weighted by Crippen LogP contribution is -2.46. The van der Waals surface area contributed by atoms with Crippen molar-refractivity contribution in [2.45, 2.75) is 25.7 Å². The standard InChI is InChI=1S/C20H18F4N4O4/c1-10(20(22,23)24)26-19(31)17(29)15-7-13(16(9-32-3)28(15)2)18(30)27-12-4-5-14(21)11(6-12)8-25/h4-7,10H,9H2,1-3H3,(H,26,31)(H,27,30)/t10-/m0/s1. The number of alkyl halides is 3. The van der Waals surface area contributed by atoms with E-state index in [4.69, 9.17) is 10.00 Å². The molecule has 170 valence electrons. The number of nitriles is 1. The van der Waals surface area contributed by atoms with Gasteiger partial charge in [-0.25, -0.2) is 4.39 Å². The number of ether oxygens (including phenoxy) is 1. The van der Waals surface area contributed by atoms with Crippen LogP contribution in [0.5, 0.6) is 0 Å². The second-order valence-corrected chi connectivity index (χ2v) is 6.71. The van der Waals surface area contributed by atoms with E-state index in [1.807, 2.05) is 0 Å². The minimum Gasteiger partial charge on any atom is -0.378 e. The lowest BCUT2D eigenvalue weighted by molar-refractivity contribution is -0.156. The number of benzene rings is 1. The first kappa shape index (κ1) is 24.5. The summed E-state index contributed by atoms with van der Waals surface area (Å²) in [5.41, 5.74) is -0.500. The molecule has 2 N–H and O–H groups in total. The summed E-state index contributed by atoms with van der Waals surface area (Å²) in [6, 6.07) is 3.71. The second kappa shape index (κ2) is 9.61. The van der Waals surface area contributed by atoms with Gasteiger partial charge in [0.25, 0.3) is 17.6 Å². The van der Waals surface area contributed by atoms with E-state index in [9.17, 15) is 31.9 Å². The van der Waals surface area contributed by atoms with Crippen LogP contribution in [0.2, 0.25) is 0 Å². The predicted molar refractivity (Wildman–Crippen MR) is 103 cm³/mol. The van der Waals surface area contributed by atoms with Crippen molar-refractivity contribution < 1.29 is 36.7 Å². The van der Waals surface area contributed by atoms with Crippen molar-refractivity contribution in [3.8, 4) is 6.07 Å². The Morgan fingerprint density at radius 3 is 2.47 bits per heavy atom. The van der Waals surface area contributed by atoms with Crippen LogP contribution in [-0.4, -0.2) is 41.5 Å². The maximum atomic E-state index is 13.5. The van der Waals surface area contributed by atoms with Crippen molar-refractivity contribution in [1.82, 2.24) is 9.88 Å². The number of nitrogens with one attached hydrogen (secondary N) is 2. The van der Waals surface area contributed by atoms with Crippen LogP contribution in [0.4, 0.5) is 23.2 Å². The lowest BCUT2D eigenvalue weighted by Gasteiger charge is -2.16. The Labute approximate surface area is 179 Å². The maximum Gasteiger partial charge on any atom is 0.408 e. The van der Waals surface area contributed by atoms with Gasteiger partial charge in [-0.05, 0) is 31.2 Å². The van der Waals surface area contributed by atoms with Crippen molar-refractivity contribution in [1.29, 1.82) is 5.26 Å². The van der Waals surface area contributed by atoms with Gasteiger partial charge >= 0.3 is 6.18 Å². The van der Waals surface area contributed by atoms with Crippen molar-refractivity contribution in [3.63, 3.8) is 0 Å². The molecule has 1 aromatic heterocycles. The molecule has 0 radical (unpaired) electrons. The SMILES string of the molecule is COCc1c(C(=O)Nc2ccc(F)c(C#N)c2)cc(C(=O)C(=O)N[C@@H](C)C(F)(F)F)n1C. The summed E-state index contributed by atoms with van der Waals surface area (Å²) in [5, 5.41) is 12.9. The van der Waals surface area contributed by atoms with Crippen LogP contribution in [0.15, 0.2) is 24.3 Å². The van der Waals surface area contributed by atoms with Gasteiger partial charge in [-0.3, -0.25) is 14.4 Å². The lowest BCUT2D eigenvalue weighted by atomic mass is 10.1. The molecule has 1 atom stereocenters. The average Bonchev–Trinajstić information content (AvgIpc) is 3.04. The van der Waals surface area contributed by atoms with Gasteiger partial charge in [0.15, 0.2) is 0 Å². The van der Waals surface area contributed by atoms with E-state index in [0.717, 1.165) is 22.8 Å². The summed E-state index contributed by atoms with van der Waals surface area (Å²) in [6.45, 7) is 0.517. The van der Waals surface area contributed by atoms with E-state index in [2.05, 4.69) is 5.32 Å². The first-order valence-electron chi connectivity index (χ1n) is 9.01. The number of amides is 2. The number of hydrogen-bond donors (Lipinski definition) is 2. The highest BCUT2D eigenvalue weighted by Gasteiger charge is 2.38. The Morgan fingerprint density at radius 1 is 1.25 bits per heavy atom. The quantitative estimate of drug-likeness (QED) is 0.380. The molecule has 0 saturated heterocycles. The number of hydrogen-bond acceptors (Lipinski definition) is 5. The predicted octanol–water partition coefficient (Wildman–Crippen LogP) is 2.68. The maximum absolute atomic E-state index is 13.5. The molecule has 2 aromatic rings. The molecule has 8 nitrogen and oxygen atoms in total. The third-order valence-corrected chi connectivity index (χ3v) is 4.51. The summed E-state index contributed by atoms with van der Waals surface area (Å²) in [4.78, 5) is 37.2. The molecule has 0 aliphatic carbocycles. The Morgan fingerprint density at radius 2 is 1.91 bits per heavy atom. The number of ketones is 1. The van der Waals surface area contributed by atoms with Gasteiger partial charge in [0.05, 0.1) is 29.1 Å². The number of aromatic nitrogens is 1. The smallest absolute Gasteiger partial charge is 0.378 e. The molecular formula is C20H18F4N4O4. The Balaban J connectivity index is 2.35. The molecule has 2 rings (SSSR count). The third-order valence-electron chi connectivity index (χ3n) is 4.51. The second-order valence-electron chi connectivity index (χ2n) is 6.71. The molecule has 1 aromatic carbocycles. The van der Waals surface area contributed by atoms with Gasteiger partial charge < -0.3 is 19.9 Å². The van der Waals surface area contributed by atoms with Gasteiger partial charge in [-0.1, -0.05) is 0 Å². The number of methoxy groups -OCH3 is 1. The molecule has 0 fully saturated rings. The number of nitrogens with zero attached hydrogens (tertiary/aromatic N) is 2. The number of halogens is 4. The van der Waals surface area contributed by atoms with Crippen LogP contribution in [0.1, 0.15) is 39.0 Å². The molecule has 0 aliphatic rings. The normalized spacial score (nSPS) is 12.1. The molecule has 0 saturated carbocycles. The minimum atomic E-state index is -4.74. The highest BCUT2D eigenvalue weighted by Crippen LogP contribution is 2.22. The van der Waals surface area contributed by atoms with Crippen LogP contribution in [0, 0.1) is 17.1 Å². The summed E-state index contributed by atoms with van der Waals surface area (Å²) in [6.07, 6.45) is -4.74. The Bertz CT molecular complexity index is 1100. The van der Waals surface area contributed by atoms with Crippen LogP contribution < -0.4 is 10.6 Å². The number of carbonyl (C=O) groups is 3. The number of Topliss-reactive ketones (excluding diaryl/α,β-unsaturated/α-hetero) is 1. The summed E-state index contributed by atoms with van der Waals surface area (Å²) in [5.74, 6) is -4.33. The van der Waals surface area contributed by atoms with Crippen molar-refractivity contribution in [3.05, 3.63) is 52.6 Å². The molecule has 1 heterocycles. The summed E-state index contributed by atoms with van der Waals surface area (Å²) in [7, 11) is 2.65. The Hall–Kier alpha value is -3.72. The molecule has 0 unspecified atom stereocenters. The van der Waals surface area contributed by atoms with E-state index >= 15 is 0 Å². The largest absolute Gasteiger partial charge is 0.408 e. The summed E-state index contributed by atoms with van der Waals surface area (Å²) >= 11 is 0. The number of carbonyl (C=O) groups excluding carboxylic acids is 3. The zero-order valence-electron chi connectivity index (χ0n) is 17.1. The van der Waals surface area contributed by atoms with E-state index in [1.54, 1.807) is 11.4 Å². The fourth-order valence-electron chi connectivity index (χ4n) is 2.72. The molecule has 0 aliphatic heterocycles. The Kier molecular flexibility index (Phi) is 7.37. The van der Waals surface area contributed by atoms with Crippen LogP contribution in [0.25, 0.3) is 0 Å². The number of anilines is 1. The van der Waals surface area contributed by atoms with E-state index in [-0.39, 0.29) is 34.8 Å². The molecule has 32 heavy (non-hydrogen) atoms. The van der Waals surface area contributed by atoms with E-state index < -0.39 is 35.6 Å². The van der Waals surface area contributed by atoms with Crippen molar-refractivity contribution in [2.24, 2.45) is 7.05 Å². The van der Waals surface area contributed by atoms with Crippen LogP contribution in [0.3, 0.4) is 0 Å². The monoisotopic (exact) mass is 454 g/mol. The van der Waals surface area contributed by atoms with Crippen molar-refractivity contribution in [2.75, 3.05) is 12.4 Å². The van der Waals surface area contributed by atoms with Crippen molar-refractivity contribution >= 4 is 23.3 Å². The molecule has 0 spiro atoms. The first-order valence-corrected chi connectivity index (χ1v) is 9.01. The molecule has 2 amide bonds. The fourth-order valence-corrected chi connectivity index (χ4v) is 2.72. The van der Waals surface area contributed by atoms with Gasteiger partial charge in [-0.15, -0.1) is 0 Å². The average molecular weight is 454 g/mol. The topological polar surface area (TPSA) is 113 Å². The van der Waals surface area contributed by atoms with Gasteiger partial charge in [0.1, 0.15) is 17.9 Å².